The molecule has 2 amide bonds. The van der Waals surface area contributed by atoms with Crippen molar-refractivity contribution in [1.29, 1.82) is 0 Å². The molecule has 1 aliphatic rings. The highest BCUT2D eigenvalue weighted by Gasteiger charge is 2.25. The van der Waals surface area contributed by atoms with Crippen LogP contribution in [0.2, 0.25) is 5.02 Å². The molecular formula is C14H18ClN3O2. The molecule has 0 radical (unpaired) electrons. The van der Waals surface area contributed by atoms with E-state index in [0.717, 1.165) is 12.0 Å². The number of hydrogen-bond donors (Lipinski definition) is 3. The fourth-order valence-electron chi connectivity index (χ4n) is 2.17. The summed E-state index contributed by atoms with van der Waals surface area (Å²) in [6.07, 6.45) is 0.769. The van der Waals surface area contributed by atoms with Crippen LogP contribution in [0.5, 0.6) is 0 Å². The molecule has 1 aromatic carbocycles. The molecule has 1 aromatic rings. The minimum Gasteiger partial charge on any atom is -0.353 e. The number of hydrogen-bond acceptors (Lipinski definition) is 3. The Morgan fingerprint density at radius 1 is 1.55 bits per heavy atom. The number of rotatable bonds is 4. The van der Waals surface area contributed by atoms with E-state index in [2.05, 4.69) is 16.0 Å². The van der Waals surface area contributed by atoms with Crippen LogP contribution in [0.25, 0.3) is 0 Å². The molecular weight excluding hydrogens is 278 g/mol. The number of carbonyl (C=O) groups is 2. The molecule has 2 rings (SSSR count). The summed E-state index contributed by atoms with van der Waals surface area (Å²) in [6, 6.07) is 6.99. The van der Waals surface area contributed by atoms with Crippen molar-refractivity contribution in [3.05, 3.63) is 34.9 Å². The van der Waals surface area contributed by atoms with E-state index < -0.39 is 0 Å². The predicted octanol–water partition coefficient (Wildman–Crippen LogP) is 0.995. The Morgan fingerprint density at radius 3 is 2.95 bits per heavy atom. The quantitative estimate of drug-likeness (QED) is 0.776. The molecule has 0 spiro atoms. The first-order valence-electron chi connectivity index (χ1n) is 6.66. The van der Waals surface area contributed by atoms with Crippen LogP contribution < -0.4 is 16.0 Å². The second-order valence-electron chi connectivity index (χ2n) is 4.76. The average Bonchev–Trinajstić information content (AvgIpc) is 2.45. The SMILES string of the molecule is CCC(NC(=O)C1CNC(=O)CN1)c1cccc(Cl)c1. The molecule has 0 aromatic heterocycles. The standard InChI is InChI=1S/C14H18ClN3O2/c1-2-11(9-4-3-5-10(15)6-9)18-14(20)12-7-17-13(19)8-16-12/h3-6,11-12,16H,2,7-8H2,1H3,(H,17,19)(H,18,20). The molecule has 1 aliphatic heterocycles. The second-order valence-corrected chi connectivity index (χ2v) is 5.20. The van der Waals surface area contributed by atoms with Crippen LogP contribution in [0.4, 0.5) is 0 Å². The van der Waals surface area contributed by atoms with Gasteiger partial charge in [0.2, 0.25) is 11.8 Å². The molecule has 20 heavy (non-hydrogen) atoms. The van der Waals surface area contributed by atoms with Crippen molar-refractivity contribution in [3.8, 4) is 0 Å². The highest BCUT2D eigenvalue weighted by Crippen LogP contribution is 2.20. The molecule has 0 aliphatic carbocycles. The summed E-state index contributed by atoms with van der Waals surface area (Å²) >= 11 is 5.97. The first-order valence-corrected chi connectivity index (χ1v) is 7.04. The largest absolute Gasteiger partial charge is 0.353 e. The van der Waals surface area contributed by atoms with Crippen LogP contribution >= 0.6 is 11.6 Å². The lowest BCUT2D eigenvalue weighted by atomic mass is 10.0. The van der Waals surface area contributed by atoms with Gasteiger partial charge in [0.1, 0.15) is 6.04 Å². The number of carbonyl (C=O) groups excluding carboxylic acids is 2. The molecule has 1 heterocycles. The van der Waals surface area contributed by atoms with Gasteiger partial charge in [-0.25, -0.2) is 0 Å². The van der Waals surface area contributed by atoms with Gasteiger partial charge in [0.15, 0.2) is 0 Å². The summed E-state index contributed by atoms with van der Waals surface area (Å²) in [5, 5.41) is 9.22. The van der Waals surface area contributed by atoms with Crippen molar-refractivity contribution in [1.82, 2.24) is 16.0 Å². The molecule has 5 nitrogen and oxygen atoms in total. The number of halogens is 1. The molecule has 2 atom stereocenters. The smallest absolute Gasteiger partial charge is 0.239 e. The van der Waals surface area contributed by atoms with Crippen LogP contribution in [-0.2, 0) is 9.59 Å². The maximum absolute atomic E-state index is 12.2. The first kappa shape index (κ1) is 14.8. The fraction of sp³-hybridized carbons (Fsp3) is 0.429. The molecule has 1 fully saturated rings. The van der Waals surface area contributed by atoms with Crippen LogP contribution in [0.1, 0.15) is 24.9 Å². The summed E-state index contributed by atoms with van der Waals surface area (Å²) in [7, 11) is 0. The Balaban J connectivity index is 1.99. The lowest BCUT2D eigenvalue weighted by Crippen LogP contribution is -2.58. The minimum absolute atomic E-state index is 0.0828. The van der Waals surface area contributed by atoms with E-state index in [1.165, 1.54) is 0 Å². The van der Waals surface area contributed by atoms with Crippen molar-refractivity contribution in [2.75, 3.05) is 13.1 Å². The zero-order valence-electron chi connectivity index (χ0n) is 11.3. The topological polar surface area (TPSA) is 70.2 Å². The van der Waals surface area contributed by atoms with E-state index >= 15 is 0 Å². The maximum atomic E-state index is 12.2. The fourth-order valence-corrected chi connectivity index (χ4v) is 2.37. The van der Waals surface area contributed by atoms with E-state index in [1.807, 2.05) is 25.1 Å². The Bertz CT molecular complexity index is 497. The van der Waals surface area contributed by atoms with Crippen molar-refractivity contribution in [2.45, 2.75) is 25.4 Å². The molecule has 1 saturated heterocycles. The van der Waals surface area contributed by atoms with Crippen molar-refractivity contribution in [3.63, 3.8) is 0 Å². The summed E-state index contributed by atoms with van der Waals surface area (Å²) < 4.78 is 0. The van der Waals surface area contributed by atoms with Crippen LogP contribution in [0.15, 0.2) is 24.3 Å². The van der Waals surface area contributed by atoms with Crippen LogP contribution in [-0.4, -0.2) is 30.9 Å². The number of benzene rings is 1. The van der Waals surface area contributed by atoms with Gasteiger partial charge >= 0.3 is 0 Å². The van der Waals surface area contributed by atoms with Crippen LogP contribution in [0, 0.1) is 0 Å². The van der Waals surface area contributed by atoms with Gasteiger partial charge in [-0.3, -0.25) is 14.9 Å². The Kier molecular flexibility index (Phi) is 4.98. The third-order valence-electron chi connectivity index (χ3n) is 3.30. The van der Waals surface area contributed by atoms with Gasteiger partial charge in [-0.15, -0.1) is 0 Å². The highest BCUT2D eigenvalue weighted by molar-refractivity contribution is 6.30. The lowest BCUT2D eigenvalue weighted by Gasteiger charge is -2.26. The molecule has 0 saturated carbocycles. The zero-order valence-corrected chi connectivity index (χ0v) is 12.0. The minimum atomic E-state index is -0.388. The van der Waals surface area contributed by atoms with Crippen molar-refractivity contribution < 1.29 is 9.59 Å². The van der Waals surface area contributed by atoms with E-state index in [4.69, 9.17) is 11.6 Å². The average molecular weight is 296 g/mol. The Morgan fingerprint density at radius 2 is 2.35 bits per heavy atom. The Hall–Kier alpha value is -1.59. The molecule has 108 valence electrons. The molecule has 3 N–H and O–H groups in total. The highest BCUT2D eigenvalue weighted by atomic mass is 35.5. The summed E-state index contributed by atoms with van der Waals surface area (Å²) in [5.41, 5.74) is 0.980. The van der Waals surface area contributed by atoms with Gasteiger partial charge in [0.25, 0.3) is 0 Å². The predicted molar refractivity (Wildman–Crippen MR) is 77.4 cm³/mol. The third-order valence-corrected chi connectivity index (χ3v) is 3.54. The normalized spacial score (nSPS) is 20.1. The van der Waals surface area contributed by atoms with Gasteiger partial charge in [0.05, 0.1) is 12.6 Å². The second kappa shape index (κ2) is 6.72. The van der Waals surface area contributed by atoms with Gasteiger partial charge < -0.3 is 10.6 Å². The van der Waals surface area contributed by atoms with Crippen molar-refractivity contribution in [2.24, 2.45) is 0 Å². The summed E-state index contributed by atoms with van der Waals surface area (Å²) in [6.45, 7) is 2.49. The number of piperazine rings is 1. The molecule has 2 unspecified atom stereocenters. The summed E-state index contributed by atoms with van der Waals surface area (Å²) in [5.74, 6) is -0.201. The van der Waals surface area contributed by atoms with E-state index in [9.17, 15) is 9.59 Å². The van der Waals surface area contributed by atoms with Gasteiger partial charge in [-0.2, -0.15) is 0 Å². The van der Waals surface area contributed by atoms with E-state index in [1.54, 1.807) is 6.07 Å². The van der Waals surface area contributed by atoms with Gasteiger partial charge in [-0.1, -0.05) is 30.7 Å². The summed E-state index contributed by atoms with van der Waals surface area (Å²) in [4.78, 5) is 23.2. The van der Waals surface area contributed by atoms with Gasteiger partial charge in [-0.05, 0) is 24.1 Å². The number of amides is 2. The van der Waals surface area contributed by atoms with E-state index in [-0.39, 0.29) is 30.4 Å². The van der Waals surface area contributed by atoms with Gasteiger partial charge in [0, 0.05) is 11.6 Å². The van der Waals surface area contributed by atoms with E-state index in [0.29, 0.717) is 11.6 Å². The van der Waals surface area contributed by atoms with Crippen molar-refractivity contribution >= 4 is 23.4 Å². The third kappa shape index (κ3) is 3.71. The van der Waals surface area contributed by atoms with Crippen LogP contribution in [0.3, 0.4) is 0 Å². The molecule has 0 bridgehead atoms. The lowest BCUT2D eigenvalue weighted by molar-refractivity contribution is -0.127. The Labute approximate surface area is 123 Å². The zero-order chi connectivity index (χ0) is 14.5. The first-order chi connectivity index (χ1) is 9.60. The number of nitrogens with one attached hydrogen (secondary N) is 3. The monoisotopic (exact) mass is 295 g/mol. The molecule has 6 heteroatoms. The maximum Gasteiger partial charge on any atom is 0.239 e.